The van der Waals surface area contributed by atoms with Crippen molar-refractivity contribution < 1.29 is 9.47 Å². The third-order valence-electron chi connectivity index (χ3n) is 4.42. The van der Waals surface area contributed by atoms with Gasteiger partial charge in [-0.15, -0.1) is 0 Å². The number of hydrogen-bond donors (Lipinski definition) is 0. The predicted molar refractivity (Wildman–Crippen MR) is 106 cm³/mol. The Morgan fingerprint density at radius 2 is 1.68 bits per heavy atom. The van der Waals surface area contributed by atoms with Crippen LogP contribution in [-0.2, 0) is 0 Å². The zero-order valence-electron chi connectivity index (χ0n) is 14.8. The molecule has 0 aliphatic carbocycles. The number of ether oxygens (including phenoxy) is 2. The topological polar surface area (TPSA) is 24.9 Å². The van der Waals surface area contributed by atoms with Gasteiger partial charge in [0.05, 0.1) is 19.3 Å². The smallest absolute Gasteiger partial charge is 0.129 e. The molecular weight excluding hydrogens is 332 g/mol. The molecule has 1 saturated heterocycles. The number of piperazine rings is 1. The average Bonchev–Trinajstić information content (AvgIpc) is 2.68. The summed E-state index contributed by atoms with van der Waals surface area (Å²) in [5.41, 5.74) is 2.23. The summed E-state index contributed by atoms with van der Waals surface area (Å²) in [6.45, 7) is 6.35. The fourth-order valence-corrected chi connectivity index (χ4v) is 3.41. The molecule has 1 heterocycles. The number of thiocarbonyl (C=S) groups is 1. The van der Waals surface area contributed by atoms with Crippen LogP contribution < -0.4 is 14.4 Å². The van der Waals surface area contributed by atoms with Crippen LogP contribution in [-0.4, -0.2) is 49.8 Å². The van der Waals surface area contributed by atoms with Crippen LogP contribution in [0.25, 0.3) is 0 Å². The molecule has 0 aromatic heterocycles. The molecule has 2 aromatic rings. The maximum atomic E-state index is 5.74. The lowest BCUT2D eigenvalue weighted by molar-refractivity contribution is 0.337. The molecule has 0 atom stereocenters. The molecule has 0 N–H and O–H groups in total. The highest BCUT2D eigenvalue weighted by atomic mass is 32.1. The number of para-hydroxylation sites is 1. The second kappa shape index (κ2) is 8.21. The normalized spacial score (nSPS) is 14.3. The van der Waals surface area contributed by atoms with Gasteiger partial charge < -0.3 is 19.3 Å². The van der Waals surface area contributed by atoms with Crippen LogP contribution in [0, 0.1) is 0 Å². The largest absolute Gasteiger partial charge is 0.497 e. The minimum atomic E-state index is 0.644. The Kier molecular flexibility index (Phi) is 5.76. The van der Waals surface area contributed by atoms with Crippen molar-refractivity contribution in [3.63, 3.8) is 0 Å². The van der Waals surface area contributed by atoms with E-state index >= 15 is 0 Å². The molecule has 0 amide bonds. The zero-order valence-corrected chi connectivity index (χ0v) is 15.6. The van der Waals surface area contributed by atoms with Gasteiger partial charge >= 0.3 is 0 Å². The molecule has 1 fully saturated rings. The Balaban J connectivity index is 1.64. The van der Waals surface area contributed by atoms with Crippen molar-refractivity contribution in [3.8, 4) is 11.5 Å². The SMILES string of the molecule is CCOc1ccccc1C(=S)N1CCN(c2ccc(OC)cc2)CC1. The zero-order chi connectivity index (χ0) is 17.6. The maximum absolute atomic E-state index is 5.74. The highest BCUT2D eigenvalue weighted by Crippen LogP contribution is 2.24. The van der Waals surface area contributed by atoms with E-state index in [0.29, 0.717) is 6.61 Å². The minimum Gasteiger partial charge on any atom is -0.497 e. The van der Waals surface area contributed by atoms with Crippen molar-refractivity contribution in [2.45, 2.75) is 6.92 Å². The number of hydrogen-bond acceptors (Lipinski definition) is 4. The van der Waals surface area contributed by atoms with Crippen molar-refractivity contribution in [3.05, 3.63) is 54.1 Å². The van der Waals surface area contributed by atoms with E-state index in [1.165, 1.54) is 5.69 Å². The van der Waals surface area contributed by atoms with E-state index in [0.717, 1.165) is 48.2 Å². The molecule has 0 saturated carbocycles. The number of anilines is 1. The van der Waals surface area contributed by atoms with Crippen LogP contribution in [0.2, 0.25) is 0 Å². The summed E-state index contributed by atoms with van der Waals surface area (Å²) >= 11 is 5.74. The molecule has 1 aliphatic heterocycles. The second-order valence-corrected chi connectivity index (χ2v) is 6.29. The molecule has 5 heteroatoms. The van der Waals surface area contributed by atoms with Crippen molar-refractivity contribution in [1.29, 1.82) is 0 Å². The minimum absolute atomic E-state index is 0.644. The van der Waals surface area contributed by atoms with Gasteiger partial charge in [0.2, 0.25) is 0 Å². The molecular formula is C20H24N2O2S. The summed E-state index contributed by atoms with van der Waals surface area (Å²) in [5.74, 6) is 1.75. The summed E-state index contributed by atoms with van der Waals surface area (Å²) in [5, 5.41) is 0. The molecule has 2 aromatic carbocycles. The number of methoxy groups -OCH3 is 1. The van der Waals surface area contributed by atoms with E-state index < -0.39 is 0 Å². The Morgan fingerprint density at radius 1 is 1.00 bits per heavy atom. The molecule has 0 radical (unpaired) electrons. The Hall–Kier alpha value is -2.27. The Bertz CT molecular complexity index is 710. The van der Waals surface area contributed by atoms with Crippen LogP contribution in [0.1, 0.15) is 12.5 Å². The third kappa shape index (κ3) is 4.04. The first-order chi connectivity index (χ1) is 12.2. The van der Waals surface area contributed by atoms with E-state index in [9.17, 15) is 0 Å². The van der Waals surface area contributed by atoms with Gasteiger partial charge in [-0.1, -0.05) is 24.4 Å². The Morgan fingerprint density at radius 3 is 2.32 bits per heavy atom. The van der Waals surface area contributed by atoms with Crippen LogP contribution in [0.15, 0.2) is 48.5 Å². The van der Waals surface area contributed by atoms with Crippen molar-refractivity contribution in [2.75, 3.05) is 44.8 Å². The van der Waals surface area contributed by atoms with Gasteiger partial charge in [0.15, 0.2) is 0 Å². The summed E-state index contributed by atoms with van der Waals surface area (Å²) in [4.78, 5) is 5.53. The molecule has 0 spiro atoms. The van der Waals surface area contributed by atoms with E-state index in [-0.39, 0.29) is 0 Å². The molecule has 0 bridgehead atoms. The van der Waals surface area contributed by atoms with E-state index in [1.54, 1.807) is 7.11 Å². The number of benzene rings is 2. The molecule has 25 heavy (non-hydrogen) atoms. The van der Waals surface area contributed by atoms with Gasteiger partial charge in [-0.25, -0.2) is 0 Å². The summed E-state index contributed by atoms with van der Waals surface area (Å²) < 4.78 is 11.0. The summed E-state index contributed by atoms with van der Waals surface area (Å²) in [6.07, 6.45) is 0. The monoisotopic (exact) mass is 356 g/mol. The first kappa shape index (κ1) is 17.5. The highest BCUT2D eigenvalue weighted by molar-refractivity contribution is 7.80. The van der Waals surface area contributed by atoms with Gasteiger partial charge in [-0.2, -0.15) is 0 Å². The van der Waals surface area contributed by atoms with E-state index in [2.05, 4.69) is 21.9 Å². The quantitative estimate of drug-likeness (QED) is 0.763. The summed E-state index contributed by atoms with van der Waals surface area (Å²) in [7, 11) is 1.69. The molecule has 0 unspecified atom stereocenters. The van der Waals surface area contributed by atoms with Crippen LogP contribution in [0.3, 0.4) is 0 Å². The van der Waals surface area contributed by atoms with Gasteiger partial charge in [0, 0.05) is 31.9 Å². The van der Waals surface area contributed by atoms with E-state index in [4.69, 9.17) is 21.7 Å². The lowest BCUT2D eigenvalue weighted by Gasteiger charge is -2.37. The lowest BCUT2D eigenvalue weighted by Crippen LogP contribution is -2.48. The maximum Gasteiger partial charge on any atom is 0.129 e. The van der Waals surface area contributed by atoms with Crippen molar-refractivity contribution >= 4 is 22.9 Å². The molecule has 132 valence electrons. The standard InChI is InChI=1S/C20H24N2O2S/c1-3-24-19-7-5-4-6-18(19)20(25)22-14-12-21(13-15-22)16-8-10-17(23-2)11-9-16/h4-11H,3,12-15H2,1-2H3. The van der Waals surface area contributed by atoms with E-state index in [1.807, 2.05) is 43.3 Å². The summed E-state index contributed by atoms with van der Waals surface area (Å²) in [6, 6.07) is 16.3. The van der Waals surface area contributed by atoms with Gasteiger partial charge in [-0.3, -0.25) is 0 Å². The van der Waals surface area contributed by atoms with Crippen molar-refractivity contribution in [2.24, 2.45) is 0 Å². The third-order valence-corrected chi connectivity index (χ3v) is 4.90. The predicted octanol–water partition coefficient (Wildman–Crippen LogP) is 3.59. The fraction of sp³-hybridized carbons (Fsp3) is 0.350. The lowest BCUT2D eigenvalue weighted by atomic mass is 10.1. The molecule has 4 nitrogen and oxygen atoms in total. The van der Waals surface area contributed by atoms with Gasteiger partial charge in [0.1, 0.15) is 16.5 Å². The fourth-order valence-electron chi connectivity index (χ4n) is 3.06. The van der Waals surface area contributed by atoms with Gasteiger partial charge in [-0.05, 0) is 43.3 Å². The van der Waals surface area contributed by atoms with Gasteiger partial charge in [0.25, 0.3) is 0 Å². The van der Waals surface area contributed by atoms with Crippen LogP contribution in [0.4, 0.5) is 5.69 Å². The molecule has 3 rings (SSSR count). The average molecular weight is 356 g/mol. The van der Waals surface area contributed by atoms with Crippen LogP contribution >= 0.6 is 12.2 Å². The first-order valence-corrected chi connectivity index (χ1v) is 9.04. The van der Waals surface area contributed by atoms with Crippen molar-refractivity contribution in [1.82, 2.24) is 4.90 Å². The number of nitrogens with zero attached hydrogens (tertiary/aromatic N) is 2. The molecule has 1 aliphatic rings. The van der Waals surface area contributed by atoms with Crippen LogP contribution in [0.5, 0.6) is 11.5 Å². The Labute approximate surface area is 155 Å². The number of rotatable bonds is 5. The first-order valence-electron chi connectivity index (χ1n) is 8.63. The highest BCUT2D eigenvalue weighted by Gasteiger charge is 2.21. The second-order valence-electron chi connectivity index (χ2n) is 5.91.